The Hall–Kier alpha value is -1.11. The van der Waals surface area contributed by atoms with Crippen molar-refractivity contribution in [1.29, 1.82) is 0 Å². The zero-order valence-electron chi connectivity index (χ0n) is 10.7. The minimum Gasteiger partial charge on any atom is -0.495 e. The number of nitrogens with zero attached hydrogens (tertiary/aromatic N) is 1. The number of aryl methyl sites for hydroxylation is 1. The van der Waals surface area contributed by atoms with Crippen LogP contribution >= 0.6 is 38.9 Å². The van der Waals surface area contributed by atoms with Gasteiger partial charge in [-0.1, -0.05) is 18.5 Å². The van der Waals surface area contributed by atoms with Crippen LogP contribution < -0.4 is 4.74 Å². The number of halogens is 2. The third-order valence-electron chi connectivity index (χ3n) is 2.67. The lowest BCUT2D eigenvalue weighted by Gasteiger charge is -2.09. The van der Waals surface area contributed by atoms with Crippen molar-refractivity contribution in [2.45, 2.75) is 13.3 Å². The van der Waals surface area contributed by atoms with Crippen molar-refractivity contribution < 1.29 is 14.6 Å². The SMILES string of the molecule is CCc1nc(-c2cc(Cl)cc(Br)c2OC)sc1C(=O)O. The average molecular weight is 377 g/mol. The molecular formula is C13H11BrClNO3S. The third kappa shape index (κ3) is 2.82. The van der Waals surface area contributed by atoms with E-state index in [2.05, 4.69) is 20.9 Å². The summed E-state index contributed by atoms with van der Waals surface area (Å²) < 4.78 is 6.04. The van der Waals surface area contributed by atoms with Crippen molar-refractivity contribution in [3.8, 4) is 16.3 Å². The molecule has 0 aliphatic heterocycles. The van der Waals surface area contributed by atoms with Crippen LogP contribution in [0.1, 0.15) is 22.3 Å². The summed E-state index contributed by atoms with van der Waals surface area (Å²) in [6, 6.07) is 3.44. The molecule has 106 valence electrons. The van der Waals surface area contributed by atoms with Gasteiger partial charge in [0.25, 0.3) is 0 Å². The molecule has 1 aromatic heterocycles. The normalized spacial score (nSPS) is 10.6. The summed E-state index contributed by atoms with van der Waals surface area (Å²) in [5, 5.41) is 10.3. The van der Waals surface area contributed by atoms with Crippen LogP contribution in [0.3, 0.4) is 0 Å². The first kappa shape index (κ1) is 15.3. The van der Waals surface area contributed by atoms with Crippen LogP contribution in [0.15, 0.2) is 16.6 Å². The Morgan fingerprint density at radius 2 is 2.25 bits per heavy atom. The van der Waals surface area contributed by atoms with Crippen LogP contribution in [-0.4, -0.2) is 23.2 Å². The molecule has 0 fully saturated rings. The van der Waals surface area contributed by atoms with Gasteiger partial charge in [0.15, 0.2) is 0 Å². The third-order valence-corrected chi connectivity index (χ3v) is 4.60. The number of hydrogen-bond acceptors (Lipinski definition) is 4. The van der Waals surface area contributed by atoms with E-state index in [0.717, 1.165) is 11.3 Å². The van der Waals surface area contributed by atoms with Crippen LogP contribution in [0, 0.1) is 0 Å². The van der Waals surface area contributed by atoms with Gasteiger partial charge in [0.05, 0.1) is 22.8 Å². The van der Waals surface area contributed by atoms with Crippen molar-refractivity contribution >= 4 is 44.8 Å². The molecule has 4 nitrogen and oxygen atoms in total. The summed E-state index contributed by atoms with van der Waals surface area (Å²) in [4.78, 5) is 15.9. The zero-order valence-corrected chi connectivity index (χ0v) is 13.9. The highest BCUT2D eigenvalue weighted by molar-refractivity contribution is 9.10. The topological polar surface area (TPSA) is 59.4 Å². The van der Waals surface area contributed by atoms with Crippen LogP contribution in [0.5, 0.6) is 5.75 Å². The average Bonchev–Trinajstić information content (AvgIpc) is 2.82. The van der Waals surface area contributed by atoms with E-state index >= 15 is 0 Å². The lowest BCUT2D eigenvalue weighted by Crippen LogP contribution is -1.97. The Bertz CT molecular complexity index is 672. The molecule has 2 rings (SSSR count). The second-order valence-electron chi connectivity index (χ2n) is 3.92. The van der Waals surface area contributed by atoms with E-state index in [0.29, 0.717) is 37.9 Å². The first-order valence-corrected chi connectivity index (χ1v) is 7.73. The standard InChI is InChI=1S/C13H11BrClNO3S/c1-3-9-11(13(17)18)20-12(16-9)7-4-6(15)5-8(14)10(7)19-2/h4-5H,3H2,1-2H3,(H,17,18). The second-order valence-corrected chi connectivity index (χ2v) is 6.21. The van der Waals surface area contributed by atoms with Crippen LogP contribution in [0.4, 0.5) is 0 Å². The first-order valence-electron chi connectivity index (χ1n) is 5.74. The summed E-state index contributed by atoms with van der Waals surface area (Å²) in [6.45, 7) is 1.87. The Morgan fingerprint density at radius 1 is 1.55 bits per heavy atom. The van der Waals surface area contributed by atoms with Gasteiger partial charge in [-0.25, -0.2) is 9.78 Å². The van der Waals surface area contributed by atoms with Crippen LogP contribution in [0.25, 0.3) is 10.6 Å². The van der Waals surface area contributed by atoms with E-state index in [9.17, 15) is 9.90 Å². The molecule has 1 heterocycles. The van der Waals surface area contributed by atoms with Crippen molar-refractivity contribution in [2.75, 3.05) is 7.11 Å². The highest BCUT2D eigenvalue weighted by atomic mass is 79.9. The monoisotopic (exact) mass is 375 g/mol. The van der Waals surface area contributed by atoms with Crippen molar-refractivity contribution in [2.24, 2.45) is 0 Å². The maximum absolute atomic E-state index is 11.2. The molecule has 0 aliphatic carbocycles. The maximum atomic E-state index is 11.2. The molecule has 0 aliphatic rings. The molecular weight excluding hydrogens is 366 g/mol. The number of carboxylic acid groups (broad SMARTS) is 1. The molecule has 0 unspecified atom stereocenters. The summed E-state index contributed by atoms with van der Waals surface area (Å²) in [7, 11) is 1.55. The Labute approximate surface area is 133 Å². The number of benzene rings is 1. The van der Waals surface area contributed by atoms with E-state index in [1.807, 2.05) is 6.92 Å². The number of aromatic carboxylic acids is 1. The van der Waals surface area contributed by atoms with Crippen molar-refractivity contribution in [1.82, 2.24) is 4.98 Å². The smallest absolute Gasteiger partial charge is 0.347 e. The lowest BCUT2D eigenvalue weighted by molar-refractivity contribution is 0.0701. The van der Waals surface area contributed by atoms with Gasteiger partial charge in [0, 0.05) is 5.02 Å². The molecule has 1 aromatic carbocycles. The molecule has 20 heavy (non-hydrogen) atoms. The number of ether oxygens (including phenoxy) is 1. The maximum Gasteiger partial charge on any atom is 0.347 e. The van der Waals surface area contributed by atoms with Crippen molar-refractivity contribution in [3.63, 3.8) is 0 Å². The molecule has 0 amide bonds. The molecule has 0 bridgehead atoms. The summed E-state index contributed by atoms with van der Waals surface area (Å²) in [5.41, 5.74) is 1.25. The highest BCUT2D eigenvalue weighted by Crippen LogP contribution is 2.41. The largest absolute Gasteiger partial charge is 0.495 e. The number of hydrogen-bond donors (Lipinski definition) is 1. The Morgan fingerprint density at radius 3 is 2.75 bits per heavy atom. The minimum atomic E-state index is -0.967. The Kier molecular flexibility index (Phi) is 4.67. The minimum absolute atomic E-state index is 0.251. The van der Waals surface area contributed by atoms with E-state index in [1.54, 1.807) is 19.2 Å². The fourth-order valence-electron chi connectivity index (χ4n) is 1.80. The summed E-state index contributed by atoms with van der Waals surface area (Å²) in [6.07, 6.45) is 0.558. The first-order chi connectivity index (χ1) is 9.47. The molecule has 0 saturated heterocycles. The molecule has 1 N–H and O–H groups in total. The molecule has 0 atom stereocenters. The fourth-order valence-corrected chi connectivity index (χ4v) is 3.78. The van der Waals surface area contributed by atoms with Gasteiger partial charge in [-0.3, -0.25) is 0 Å². The molecule has 2 aromatic rings. The summed E-state index contributed by atoms with van der Waals surface area (Å²) in [5.74, 6) is -0.381. The van der Waals surface area contributed by atoms with E-state index in [1.165, 1.54) is 0 Å². The quantitative estimate of drug-likeness (QED) is 0.854. The van der Waals surface area contributed by atoms with Gasteiger partial charge in [-0.05, 0) is 34.5 Å². The molecule has 7 heteroatoms. The number of methoxy groups -OCH3 is 1. The van der Waals surface area contributed by atoms with E-state index in [4.69, 9.17) is 16.3 Å². The number of thiazole rings is 1. The van der Waals surface area contributed by atoms with Gasteiger partial charge in [-0.2, -0.15) is 0 Å². The predicted molar refractivity (Wildman–Crippen MR) is 83.1 cm³/mol. The van der Waals surface area contributed by atoms with Gasteiger partial charge < -0.3 is 9.84 Å². The molecule has 0 radical (unpaired) electrons. The van der Waals surface area contributed by atoms with Gasteiger partial charge in [-0.15, -0.1) is 11.3 Å². The zero-order chi connectivity index (χ0) is 14.9. The number of rotatable bonds is 4. The van der Waals surface area contributed by atoms with Crippen LogP contribution in [-0.2, 0) is 6.42 Å². The van der Waals surface area contributed by atoms with E-state index in [-0.39, 0.29) is 4.88 Å². The van der Waals surface area contributed by atoms with Gasteiger partial charge >= 0.3 is 5.97 Å². The molecule has 0 spiro atoms. The predicted octanol–water partition coefficient (Wildman–Crippen LogP) is 4.50. The van der Waals surface area contributed by atoms with E-state index < -0.39 is 5.97 Å². The van der Waals surface area contributed by atoms with Crippen molar-refractivity contribution in [3.05, 3.63) is 32.2 Å². The highest BCUT2D eigenvalue weighted by Gasteiger charge is 2.20. The number of carboxylic acids is 1. The lowest BCUT2D eigenvalue weighted by atomic mass is 10.2. The second kappa shape index (κ2) is 6.11. The van der Waals surface area contributed by atoms with Gasteiger partial charge in [0.2, 0.25) is 0 Å². The number of carbonyl (C=O) groups is 1. The fraction of sp³-hybridized carbons (Fsp3) is 0.231. The summed E-state index contributed by atoms with van der Waals surface area (Å²) >= 11 is 10.5. The van der Waals surface area contributed by atoms with Gasteiger partial charge in [0.1, 0.15) is 15.6 Å². The number of aromatic nitrogens is 1. The molecule has 0 saturated carbocycles. The van der Waals surface area contributed by atoms with Crippen LogP contribution in [0.2, 0.25) is 5.02 Å². The Balaban J connectivity index is 2.65.